The van der Waals surface area contributed by atoms with E-state index >= 15 is 0 Å². The van der Waals surface area contributed by atoms with Gasteiger partial charge in [0.1, 0.15) is 0 Å². The number of rotatable bonds is 3. The topological polar surface area (TPSA) is 12.0 Å². The van der Waals surface area contributed by atoms with E-state index in [1.165, 1.54) is 17.7 Å². The lowest BCUT2D eigenvalue weighted by atomic mass is 9.81. The Morgan fingerprint density at radius 2 is 2.31 bits per heavy atom. The first-order valence-electron chi connectivity index (χ1n) is 5.05. The molecule has 0 aromatic carbocycles. The van der Waals surface area contributed by atoms with Crippen LogP contribution in [0.3, 0.4) is 0 Å². The van der Waals surface area contributed by atoms with Gasteiger partial charge in [0.2, 0.25) is 0 Å². The van der Waals surface area contributed by atoms with Gasteiger partial charge in [-0.2, -0.15) is 0 Å². The summed E-state index contributed by atoms with van der Waals surface area (Å²) in [6, 6.07) is 5.65. The van der Waals surface area contributed by atoms with Gasteiger partial charge in [0.25, 0.3) is 0 Å². The van der Waals surface area contributed by atoms with Gasteiger partial charge < -0.3 is 5.32 Å². The third-order valence-corrected chi connectivity index (χ3v) is 3.88. The van der Waals surface area contributed by atoms with Crippen molar-refractivity contribution in [1.82, 2.24) is 5.32 Å². The van der Waals surface area contributed by atoms with E-state index in [0.717, 1.165) is 12.0 Å². The Labute approximate surface area is 84.2 Å². The molecule has 0 spiro atoms. The average Bonchev–Trinajstić information content (AvgIpc) is 2.53. The highest BCUT2D eigenvalue weighted by Gasteiger charge is 2.26. The van der Waals surface area contributed by atoms with Gasteiger partial charge in [0, 0.05) is 17.0 Å². The Morgan fingerprint density at radius 1 is 1.54 bits per heavy atom. The molecule has 0 bridgehead atoms. The van der Waals surface area contributed by atoms with Gasteiger partial charge in [-0.25, -0.2) is 0 Å². The highest BCUT2D eigenvalue weighted by molar-refractivity contribution is 7.10. The molecule has 1 unspecified atom stereocenters. The molecule has 0 saturated heterocycles. The number of hydrogen-bond donors (Lipinski definition) is 1. The number of hydrogen-bond acceptors (Lipinski definition) is 2. The van der Waals surface area contributed by atoms with Crippen molar-refractivity contribution in [2.75, 3.05) is 0 Å². The van der Waals surface area contributed by atoms with Gasteiger partial charge in [0.15, 0.2) is 0 Å². The molecule has 1 nitrogen and oxygen atoms in total. The lowest BCUT2D eigenvalue weighted by Crippen LogP contribution is -2.41. The largest absolute Gasteiger partial charge is 0.307 e. The van der Waals surface area contributed by atoms with E-state index in [1.807, 2.05) is 11.3 Å². The fourth-order valence-corrected chi connectivity index (χ4v) is 2.76. The van der Waals surface area contributed by atoms with E-state index in [4.69, 9.17) is 0 Å². The zero-order valence-corrected chi connectivity index (χ0v) is 9.10. The van der Waals surface area contributed by atoms with Crippen molar-refractivity contribution < 1.29 is 0 Å². The summed E-state index contributed by atoms with van der Waals surface area (Å²) in [5.41, 5.74) is 0. The van der Waals surface area contributed by atoms with Crippen molar-refractivity contribution in [3.8, 4) is 0 Å². The summed E-state index contributed by atoms with van der Waals surface area (Å²) in [4.78, 5) is 1.46. The molecule has 1 aromatic heterocycles. The summed E-state index contributed by atoms with van der Waals surface area (Å²) in [5.74, 6) is 0.938. The van der Waals surface area contributed by atoms with Crippen LogP contribution in [0, 0.1) is 5.92 Å². The molecule has 1 fully saturated rings. The van der Waals surface area contributed by atoms with Crippen molar-refractivity contribution in [3.05, 3.63) is 22.4 Å². The first-order valence-corrected chi connectivity index (χ1v) is 5.93. The summed E-state index contributed by atoms with van der Waals surface area (Å²) in [7, 11) is 0. The van der Waals surface area contributed by atoms with Crippen LogP contribution in [-0.4, -0.2) is 6.04 Å². The van der Waals surface area contributed by atoms with Crippen molar-refractivity contribution in [3.63, 3.8) is 0 Å². The second-order valence-corrected chi connectivity index (χ2v) is 5.16. The van der Waals surface area contributed by atoms with E-state index in [-0.39, 0.29) is 0 Å². The van der Waals surface area contributed by atoms with Crippen LogP contribution in [0.2, 0.25) is 0 Å². The fraction of sp³-hybridized carbons (Fsp3) is 0.636. The fourth-order valence-electron chi connectivity index (χ4n) is 2.01. The van der Waals surface area contributed by atoms with E-state index in [9.17, 15) is 0 Å². The second-order valence-electron chi connectivity index (χ2n) is 4.18. The van der Waals surface area contributed by atoms with Crippen LogP contribution in [0.5, 0.6) is 0 Å². The minimum Gasteiger partial charge on any atom is -0.307 e. The van der Waals surface area contributed by atoms with Crippen LogP contribution >= 0.6 is 11.3 Å². The highest BCUT2D eigenvalue weighted by Crippen LogP contribution is 2.29. The van der Waals surface area contributed by atoms with Gasteiger partial charge in [-0.1, -0.05) is 13.0 Å². The third kappa shape index (κ3) is 2.12. The molecule has 2 heteroatoms. The van der Waals surface area contributed by atoms with Crippen LogP contribution in [0.1, 0.15) is 37.6 Å². The lowest BCUT2D eigenvalue weighted by Gasteiger charge is -2.35. The van der Waals surface area contributed by atoms with Crippen LogP contribution in [0.4, 0.5) is 0 Å². The Morgan fingerprint density at radius 3 is 2.85 bits per heavy atom. The zero-order valence-electron chi connectivity index (χ0n) is 8.29. The Bertz CT molecular complexity index is 249. The predicted octanol–water partition coefficient (Wildman–Crippen LogP) is 3.20. The summed E-state index contributed by atoms with van der Waals surface area (Å²) < 4.78 is 0. The van der Waals surface area contributed by atoms with Gasteiger partial charge in [-0.05, 0) is 37.1 Å². The number of thiophene rings is 1. The molecule has 1 atom stereocenters. The standard InChI is InChI=1S/C11H17NS/c1-8-6-10(7-8)12-9(2)11-4-3-5-13-11/h3-5,8-10,12H,6-7H2,1-2H3. The van der Waals surface area contributed by atoms with Crippen molar-refractivity contribution in [2.45, 2.75) is 38.8 Å². The highest BCUT2D eigenvalue weighted by atomic mass is 32.1. The summed E-state index contributed by atoms with van der Waals surface area (Å²) in [6.45, 7) is 4.59. The zero-order chi connectivity index (χ0) is 9.26. The van der Waals surface area contributed by atoms with Crippen LogP contribution in [0.25, 0.3) is 0 Å². The molecule has 0 aliphatic heterocycles. The molecule has 1 aliphatic rings. The monoisotopic (exact) mass is 195 g/mol. The van der Waals surface area contributed by atoms with Crippen LogP contribution in [0.15, 0.2) is 17.5 Å². The number of nitrogens with one attached hydrogen (secondary N) is 1. The molecule has 1 saturated carbocycles. The van der Waals surface area contributed by atoms with Gasteiger partial charge >= 0.3 is 0 Å². The van der Waals surface area contributed by atoms with Gasteiger partial charge in [0.05, 0.1) is 0 Å². The third-order valence-electron chi connectivity index (χ3n) is 2.83. The molecule has 0 radical (unpaired) electrons. The maximum absolute atomic E-state index is 3.66. The molecule has 13 heavy (non-hydrogen) atoms. The van der Waals surface area contributed by atoms with Crippen LogP contribution < -0.4 is 5.32 Å². The minimum atomic E-state index is 0.539. The smallest absolute Gasteiger partial charge is 0.0388 e. The molecule has 1 aromatic rings. The molecule has 72 valence electrons. The quantitative estimate of drug-likeness (QED) is 0.781. The SMILES string of the molecule is CC1CC(NC(C)c2cccs2)C1. The van der Waals surface area contributed by atoms with Crippen molar-refractivity contribution in [1.29, 1.82) is 0 Å². The molecular weight excluding hydrogens is 178 g/mol. The van der Waals surface area contributed by atoms with E-state index in [1.54, 1.807) is 0 Å². The molecular formula is C11H17NS. The summed E-state index contributed by atoms with van der Waals surface area (Å²) in [6.07, 6.45) is 2.71. The average molecular weight is 195 g/mol. The molecule has 1 heterocycles. The van der Waals surface area contributed by atoms with Gasteiger partial charge in [-0.3, -0.25) is 0 Å². The maximum atomic E-state index is 3.66. The first kappa shape index (κ1) is 9.22. The van der Waals surface area contributed by atoms with Crippen molar-refractivity contribution in [2.24, 2.45) is 5.92 Å². The van der Waals surface area contributed by atoms with Crippen LogP contribution in [-0.2, 0) is 0 Å². The molecule has 1 aliphatic carbocycles. The molecule has 0 amide bonds. The van der Waals surface area contributed by atoms with Crippen molar-refractivity contribution >= 4 is 11.3 Å². The van der Waals surface area contributed by atoms with Gasteiger partial charge in [-0.15, -0.1) is 11.3 Å². The second kappa shape index (κ2) is 3.81. The van der Waals surface area contributed by atoms with E-state index in [0.29, 0.717) is 6.04 Å². The molecule has 1 N–H and O–H groups in total. The Kier molecular flexibility index (Phi) is 2.70. The summed E-state index contributed by atoms with van der Waals surface area (Å²) in [5, 5.41) is 5.81. The predicted molar refractivity (Wildman–Crippen MR) is 58.1 cm³/mol. The first-order chi connectivity index (χ1) is 6.25. The summed E-state index contributed by atoms with van der Waals surface area (Å²) >= 11 is 1.85. The minimum absolute atomic E-state index is 0.539. The van der Waals surface area contributed by atoms with E-state index in [2.05, 4.69) is 36.7 Å². The Hall–Kier alpha value is -0.340. The van der Waals surface area contributed by atoms with E-state index < -0.39 is 0 Å². The molecule has 2 rings (SSSR count). The Balaban J connectivity index is 1.82. The normalized spacial score (nSPS) is 29.7. The lowest BCUT2D eigenvalue weighted by molar-refractivity contribution is 0.227. The maximum Gasteiger partial charge on any atom is 0.0388 e.